The van der Waals surface area contributed by atoms with Gasteiger partial charge in [-0.15, -0.1) is 0 Å². The molecule has 0 aliphatic rings. The molecule has 0 radical (unpaired) electrons. The van der Waals surface area contributed by atoms with E-state index in [0.29, 0.717) is 11.8 Å². The molecule has 0 aromatic heterocycles. The third-order valence-corrected chi connectivity index (χ3v) is 4.00. The molecule has 0 amide bonds. The van der Waals surface area contributed by atoms with Crippen molar-refractivity contribution in [2.24, 2.45) is 5.92 Å². The molecule has 0 bridgehead atoms. The molecule has 20 heavy (non-hydrogen) atoms. The maximum absolute atomic E-state index is 6.15. The first-order valence-electron chi connectivity index (χ1n) is 7.17. The van der Waals surface area contributed by atoms with Gasteiger partial charge in [0.15, 0.2) is 0 Å². The number of benzene rings is 1. The van der Waals surface area contributed by atoms with E-state index in [2.05, 4.69) is 19.2 Å². The first-order chi connectivity index (χ1) is 9.63. The van der Waals surface area contributed by atoms with Crippen molar-refractivity contribution in [1.82, 2.24) is 5.32 Å². The number of hydrogen-bond acceptors (Lipinski definition) is 3. The second-order valence-corrected chi connectivity index (χ2v) is 5.51. The highest BCUT2D eigenvalue weighted by Crippen LogP contribution is 2.34. The van der Waals surface area contributed by atoms with Crippen LogP contribution in [0.5, 0.6) is 5.75 Å². The molecule has 3 nitrogen and oxygen atoms in total. The van der Waals surface area contributed by atoms with Gasteiger partial charge < -0.3 is 14.8 Å². The maximum atomic E-state index is 6.15. The van der Waals surface area contributed by atoms with Crippen molar-refractivity contribution in [1.29, 1.82) is 0 Å². The summed E-state index contributed by atoms with van der Waals surface area (Å²) in [6.45, 7) is 6.95. The van der Waals surface area contributed by atoms with Crippen LogP contribution in [0.1, 0.15) is 31.7 Å². The molecule has 114 valence electrons. The summed E-state index contributed by atoms with van der Waals surface area (Å²) in [5.41, 5.74) is 1.18. The lowest BCUT2D eigenvalue weighted by Gasteiger charge is -2.26. The Labute approximate surface area is 127 Å². The molecular weight excluding hydrogens is 274 g/mol. The summed E-state index contributed by atoms with van der Waals surface area (Å²) in [4.78, 5) is 0. The van der Waals surface area contributed by atoms with Gasteiger partial charge in [0.2, 0.25) is 0 Å². The fourth-order valence-electron chi connectivity index (χ4n) is 2.33. The first kappa shape index (κ1) is 17.3. The van der Waals surface area contributed by atoms with E-state index in [1.165, 1.54) is 5.56 Å². The first-order valence-corrected chi connectivity index (χ1v) is 7.54. The van der Waals surface area contributed by atoms with Crippen LogP contribution in [0.2, 0.25) is 5.02 Å². The third kappa shape index (κ3) is 4.97. The molecule has 0 heterocycles. The molecule has 0 spiro atoms. The number of rotatable bonds is 9. The second-order valence-electron chi connectivity index (χ2n) is 5.08. The molecule has 2 unspecified atom stereocenters. The Hall–Kier alpha value is -0.770. The fourth-order valence-corrected chi connectivity index (χ4v) is 2.51. The van der Waals surface area contributed by atoms with Gasteiger partial charge in [0.25, 0.3) is 0 Å². The molecule has 0 fully saturated rings. The van der Waals surface area contributed by atoms with Gasteiger partial charge in [-0.1, -0.05) is 31.9 Å². The van der Waals surface area contributed by atoms with E-state index in [-0.39, 0.29) is 0 Å². The maximum Gasteiger partial charge on any atom is 0.122 e. The SMILES string of the molecule is CCC(C)C(CNCCOC)c1cc(Cl)ccc1OC. The molecule has 0 saturated carbocycles. The summed E-state index contributed by atoms with van der Waals surface area (Å²) in [6.07, 6.45) is 1.12. The summed E-state index contributed by atoms with van der Waals surface area (Å²) in [5, 5.41) is 4.20. The lowest BCUT2D eigenvalue weighted by molar-refractivity contribution is 0.198. The zero-order valence-corrected chi connectivity index (χ0v) is 13.7. The Kier molecular flexibility index (Phi) is 7.97. The highest BCUT2D eigenvalue weighted by atomic mass is 35.5. The molecule has 1 N–H and O–H groups in total. The Bertz CT molecular complexity index is 398. The Morgan fingerprint density at radius 2 is 2.05 bits per heavy atom. The van der Waals surface area contributed by atoms with Crippen molar-refractivity contribution in [3.05, 3.63) is 28.8 Å². The molecule has 1 rings (SSSR count). The molecule has 2 atom stereocenters. The van der Waals surface area contributed by atoms with E-state index in [4.69, 9.17) is 21.1 Å². The molecule has 0 saturated heterocycles. The minimum Gasteiger partial charge on any atom is -0.496 e. The number of halogens is 1. The van der Waals surface area contributed by atoms with Crippen LogP contribution < -0.4 is 10.1 Å². The summed E-state index contributed by atoms with van der Waals surface area (Å²) in [7, 11) is 3.42. The van der Waals surface area contributed by atoms with Gasteiger partial charge in [0.05, 0.1) is 13.7 Å². The van der Waals surface area contributed by atoms with E-state index in [1.54, 1.807) is 14.2 Å². The smallest absolute Gasteiger partial charge is 0.122 e. The minimum atomic E-state index is 0.380. The third-order valence-electron chi connectivity index (χ3n) is 3.77. The van der Waals surface area contributed by atoms with E-state index in [1.807, 2.05) is 18.2 Å². The highest BCUT2D eigenvalue weighted by molar-refractivity contribution is 6.30. The van der Waals surface area contributed by atoms with E-state index in [9.17, 15) is 0 Å². The van der Waals surface area contributed by atoms with Gasteiger partial charge >= 0.3 is 0 Å². The number of hydrogen-bond donors (Lipinski definition) is 1. The lowest BCUT2D eigenvalue weighted by atomic mass is 9.85. The number of ether oxygens (including phenoxy) is 2. The van der Waals surface area contributed by atoms with Crippen LogP contribution in [0.4, 0.5) is 0 Å². The van der Waals surface area contributed by atoms with E-state index >= 15 is 0 Å². The van der Waals surface area contributed by atoms with Gasteiger partial charge in [0, 0.05) is 36.7 Å². The Morgan fingerprint density at radius 3 is 2.65 bits per heavy atom. The predicted molar refractivity (Wildman–Crippen MR) is 84.9 cm³/mol. The van der Waals surface area contributed by atoms with Gasteiger partial charge in [-0.2, -0.15) is 0 Å². The molecular formula is C16H26ClNO2. The monoisotopic (exact) mass is 299 g/mol. The predicted octanol–water partition coefficient (Wildman–Crippen LogP) is 3.71. The van der Waals surface area contributed by atoms with E-state index < -0.39 is 0 Å². The molecule has 0 aliphatic carbocycles. The van der Waals surface area contributed by atoms with Crippen LogP contribution in [0.3, 0.4) is 0 Å². The summed E-state index contributed by atoms with van der Waals surface area (Å²) in [5.74, 6) is 1.84. The van der Waals surface area contributed by atoms with Crippen molar-refractivity contribution in [3.8, 4) is 5.75 Å². The topological polar surface area (TPSA) is 30.5 Å². The minimum absolute atomic E-state index is 0.380. The summed E-state index contributed by atoms with van der Waals surface area (Å²) < 4.78 is 10.6. The van der Waals surface area contributed by atoms with E-state index in [0.717, 1.165) is 36.9 Å². The molecule has 1 aromatic carbocycles. The van der Waals surface area contributed by atoms with Crippen molar-refractivity contribution >= 4 is 11.6 Å². The number of methoxy groups -OCH3 is 2. The average molecular weight is 300 g/mol. The van der Waals surface area contributed by atoms with Crippen LogP contribution >= 0.6 is 11.6 Å². The molecule has 0 aliphatic heterocycles. The second kappa shape index (κ2) is 9.22. The van der Waals surface area contributed by atoms with Crippen LogP contribution in [-0.2, 0) is 4.74 Å². The van der Waals surface area contributed by atoms with Crippen LogP contribution in [-0.4, -0.2) is 33.9 Å². The van der Waals surface area contributed by atoms with Gasteiger partial charge in [-0.3, -0.25) is 0 Å². The Morgan fingerprint density at radius 1 is 1.30 bits per heavy atom. The van der Waals surface area contributed by atoms with Crippen molar-refractivity contribution in [2.45, 2.75) is 26.2 Å². The molecule has 4 heteroatoms. The average Bonchev–Trinajstić information content (AvgIpc) is 2.46. The fraction of sp³-hybridized carbons (Fsp3) is 0.625. The van der Waals surface area contributed by atoms with Gasteiger partial charge in [-0.05, 0) is 24.1 Å². The van der Waals surface area contributed by atoms with Crippen molar-refractivity contribution in [3.63, 3.8) is 0 Å². The highest BCUT2D eigenvalue weighted by Gasteiger charge is 2.21. The van der Waals surface area contributed by atoms with Crippen LogP contribution in [0, 0.1) is 5.92 Å². The molecule has 1 aromatic rings. The van der Waals surface area contributed by atoms with Crippen LogP contribution in [0.25, 0.3) is 0 Å². The number of nitrogens with one attached hydrogen (secondary N) is 1. The quantitative estimate of drug-likeness (QED) is 0.705. The van der Waals surface area contributed by atoms with Gasteiger partial charge in [0.1, 0.15) is 5.75 Å². The van der Waals surface area contributed by atoms with Crippen molar-refractivity contribution in [2.75, 3.05) is 33.9 Å². The van der Waals surface area contributed by atoms with Crippen LogP contribution in [0.15, 0.2) is 18.2 Å². The standard InChI is InChI=1S/C16H26ClNO2/c1-5-12(2)15(11-18-8-9-19-3)14-10-13(17)6-7-16(14)20-4/h6-7,10,12,15,18H,5,8-9,11H2,1-4H3. The zero-order valence-electron chi connectivity index (χ0n) is 12.9. The van der Waals surface area contributed by atoms with Crippen molar-refractivity contribution < 1.29 is 9.47 Å². The van der Waals surface area contributed by atoms with Gasteiger partial charge in [-0.25, -0.2) is 0 Å². The lowest BCUT2D eigenvalue weighted by Crippen LogP contribution is -2.28. The summed E-state index contributed by atoms with van der Waals surface area (Å²) >= 11 is 6.15. The Balaban J connectivity index is 2.89. The zero-order chi connectivity index (χ0) is 15.0. The largest absolute Gasteiger partial charge is 0.496 e. The normalized spacial score (nSPS) is 14.1. The summed E-state index contributed by atoms with van der Waals surface area (Å²) in [6, 6.07) is 5.84.